The third-order valence-electron chi connectivity index (χ3n) is 4.85. The number of carbonyl (C=O) groups is 3. The van der Waals surface area contributed by atoms with E-state index in [-0.39, 0.29) is 22.9 Å². The topological polar surface area (TPSA) is 104 Å². The van der Waals surface area contributed by atoms with E-state index in [1.165, 1.54) is 12.4 Å². The van der Waals surface area contributed by atoms with E-state index in [1.54, 1.807) is 37.4 Å². The second kappa shape index (κ2) is 7.14. The van der Waals surface area contributed by atoms with Gasteiger partial charge in [0.1, 0.15) is 17.8 Å². The smallest absolute Gasteiger partial charge is 0.271 e. The van der Waals surface area contributed by atoms with E-state index < -0.39 is 11.6 Å². The standard InChI is InChI=1S/C20H16ClN5O3/c1-12(24-16-6-7-22-10-23-16)8-15(21)17-19(29)25-20(26(17)11-27)9-13-4-2-3-5-14(13)18(20)28/h2-8,10-11H,9H2,1H3,(H,25,29)(H,22,23,24)/b12-8+,17-15+. The van der Waals surface area contributed by atoms with E-state index in [9.17, 15) is 14.4 Å². The van der Waals surface area contributed by atoms with Crippen molar-refractivity contribution in [2.24, 2.45) is 0 Å². The molecule has 0 saturated carbocycles. The van der Waals surface area contributed by atoms with Crippen LogP contribution in [0, 0.1) is 0 Å². The van der Waals surface area contributed by atoms with Crippen LogP contribution in [0.25, 0.3) is 0 Å². The summed E-state index contributed by atoms with van der Waals surface area (Å²) >= 11 is 6.40. The summed E-state index contributed by atoms with van der Waals surface area (Å²) in [5, 5.41) is 5.71. The molecule has 4 rings (SSSR count). The van der Waals surface area contributed by atoms with Gasteiger partial charge in [0.15, 0.2) is 5.66 Å². The Bertz CT molecular complexity index is 1080. The van der Waals surface area contributed by atoms with Gasteiger partial charge in [-0.1, -0.05) is 35.9 Å². The first kappa shape index (κ1) is 18.8. The molecule has 2 aliphatic rings. The van der Waals surface area contributed by atoms with Crippen LogP contribution in [0.1, 0.15) is 22.8 Å². The molecule has 0 radical (unpaired) electrons. The molecule has 1 saturated heterocycles. The SMILES string of the molecule is C/C(=C\C(Cl)=C1\C(=O)NC2(Cc3ccccc3C2=O)N1C=O)Nc1ccncn1. The van der Waals surface area contributed by atoms with Gasteiger partial charge in [-0.2, -0.15) is 0 Å². The van der Waals surface area contributed by atoms with E-state index in [2.05, 4.69) is 20.6 Å². The number of Topliss-reactive ketones (excluding diaryl/α,β-unsaturated/α-hetero) is 1. The first-order valence-electron chi connectivity index (χ1n) is 8.77. The molecule has 1 aliphatic carbocycles. The van der Waals surface area contributed by atoms with E-state index in [0.717, 1.165) is 10.5 Å². The van der Waals surface area contributed by atoms with Crippen molar-refractivity contribution in [2.75, 3.05) is 5.32 Å². The molecule has 1 fully saturated rings. The number of anilines is 1. The Kier molecular flexibility index (Phi) is 4.63. The number of benzene rings is 1. The quantitative estimate of drug-likeness (QED) is 0.591. The van der Waals surface area contributed by atoms with Crippen molar-refractivity contribution in [3.05, 3.63) is 76.5 Å². The fourth-order valence-electron chi connectivity index (χ4n) is 3.61. The van der Waals surface area contributed by atoms with Gasteiger partial charge in [-0.25, -0.2) is 9.97 Å². The predicted molar refractivity (Wildman–Crippen MR) is 106 cm³/mol. The fraction of sp³-hybridized carbons (Fsp3) is 0.150. The van der Waals surface area contributed by atoms with Crippen LogP contribution in [0.2, 0.25) is 0 Å². The Hall–Kier alpha value is -3.52. The minimum absolute atomic E-state index is 0.0225. The second-order valence-corrected chi connectivity index (χ2v) is 7.10. The predicted octanol–water partition coefficient (Wildman–Crippen LogP) is 1.97. The number of ketones is 1. The van der Waals surface area contributed by atoms with Gasteiger partial charge in [-0.15, -0.1) is 0 Å². The zero-order chi connectivity index (χ0) is 20.6. The van der Waals surface area contributed by atoms with Crippen molar-refractivity contribution >= 4 is 35.5 Å². The molecule has 2 aromatic rings. The van der Waals surface area contributed by atoms with Crippen molar-refractivity contribution in [2.45, 2.75) is 19.0 Å². The lowest BCUT2D eigenvalue weighted by molar-refractivity contribution is -0.120. The lowest BCUT2D eigenvalue weighted by Gasteiger charge is -2.29. The van der Waals surface area contributed by atoms with Crippen LogP contribution >= 0.6 is 11.6 Å². The molecule has 1 unspecified atom stereocenters. The fourth-order valence-corrected chi connectivity index (χ4v) is 3.95. The van der Waals surface area contributed by atoms with Crippen LogP contribution in [-0.4, -0.2) is 38.6 Å². The summed E-state index contributed by atoms with van der Waals surface area (Å²) in [6.07, 6.45) is 5.11. The van der Waals surface area contributed by atoms with Crippen LogP contribution in [0.4, 0.5) is 5.82 Å². The van der Waals surface area contributed by atoms with E-state index in [0.29, 0.717) is 23.5 Å². The maximum Gasteiger partial charge on any atom is 0.271 e. The van der Waals surface area contributed by atoms with Crippen LogP contribution < -0.4 is 10.6 Å². The van der Waals surface area contributed by atoms with Crippen molar-refractivity contribution in [3.8, 4) is 0 Å². The summed E-state index contributed by atoms with van der Waals surface area (Å²) < 4.78 is 0. The Labute approximate surface area is 171 Å². The summed E-state index contributed by atoms with van der Waals surface area (Å²) in [6, 6.07) is 8.70. The summed E-state index contributed by atoms with van der Waals surface area (Å²) in [6.45, 7) is 1.73. The lowest BCUT2D eigenvalue weighted by Crippen LogP contribution is -2.56. The van der Waals surface area contributed by atoms with Crippen molar-refractivity contribution < 1.29 is 14.4 Å². The molecule has 2 amide bonds. The molecule has 1 aromatic heterocycles. The van der Waals surface area contributed by atoms with Gasteiger partial charge in [0, 0.05) is 23.9 Å². The molecule has 29 heavy (non-hydrogen) atoms. The van der Waals surface area contributed by atoms with Gasteiger partial charge >= 0.3 is 0 Å². The normalized spacial score (nSPS) is 22.6. The molecule has 0 bridgehead atoms. The number of nitrogens with one attached hydrogen (secondary N) is 2. The molecule has 146 valence electrons. The average Bonchev–Trinajstić information content (AvgIpc) is 3.15. The van der Waals surface area contributed by atoms with Crippen LogP contribution in [0.3, 0.4) is 0 Å². The van der Waals surface area contributed by atoms with Gasteiger partial charge in [0.25, 0.3) is 5.91 Å². The maximum atomic E-state index is 13.0. The van der Waals surface area contributed by atoms with Gasteiger partial charge in [-0.05, 0) is 24.6 Å². The molecule has 1 aliphatic heterocycles. The van der Waals surface area contributed by atoms with Gasteiger partial charge in [-0.3, -0.25) is 19.3 Å². The minimum Gasteiger partial charge on any atom is -0.344 e. The highest BCUT2D eigenvalue weighted by molar-refractivity contribution is 6.34. The number of nitrogens with zero attached hydrogens (tertiary/aromatic N) is 3. The molecule has 9 heteroatoms. The van der Waals surface area contributed by atoms with Crippen LogP contribution in [-0.2, 0) is 16.0 Å². The number of hydrogen-bond acceptors (Lipinski definition) is 6. The second-order valence-electron chi connectivity index (χ2n) is 6.70. The minimum atomic E-state index is -1.49. The Morgan fingerprint density at radius 3 is 2.79 bits per heavy atom. The van der Waals surface area contributed by atoms with E-state index in [4.69, 9.17) is 11.6 Å². The molecule has 2 N–H and O–H groups in total. The van der Waals surface area contributed by atoms with Crippen LogP contribution in [0.15, 0.2) is 65.4 Å². The first-order valence-corrected chi connectivity index (χ1v) is 9.15. The monoisotopic (exact) mass is 409 g/mol. The van der Waals surface area contributed by atoms with Crippen molar-refractivity contribution in [1.82, 2.24) is 20.2 Å². The first-order chi connectivity index (χ1) is 14.0. The Morgan fingerprint density at radius 1 is 1.31 bits per heavy atom. The highest BCUT2D eigenvalue weighted by Crippen LogP contribution is 2.39. The molecular weight excluding hydrogens is 394 g/mol. The third kappa shape index (κ3) is 3.07. The van der Waals surface area contributed by atoms with Gasteiger partial charge in [0.2, 0.25) is 12.2 Å². The molecule has 1 atom stereocenters. The van der Waals surface area contributed by atoms with Crippen LogP contribution in [0.5, 0.6) is 0 Å². The van der Waals surface area contributed by atoms with E-state index >= 15 is 0 Å². The van der Waals surface area contributed by atoms with E-state index in [1.807, 2.05) is 6.07 Å². The highest BCUT2D eigenvalue weighted by Gasteiger charge is 2.57. The van der Waals surface area contributed by atoms with Gasteiger partial charge in [0.05, 0.1) is 5.03 Å². The molecule has 1 spiro atoms. The van der Waals surface area contributed by atoms with Crippen molar-refractivity contribution in [3.63, 3.8) is 0 Å². The lowest BCUT2D eigenvalue weighted by atomic mass is 10.1. The maximum absolute atomic E-state index is 13.0. The molecular formula is C20H16ClN5O3. The summed E-state index contributed by atoms with van der Waals surface area (Å²) in [5.41, 5.74) is 0.265. The number of rotatable bonds is 4. The zero-order valence-corrected chi connectivity index (χ0v) is 16.1. The number of hydrogen-bond donors (Lipinski definition) is 2. The number of amides is 2. The van der Waals surface area contributed by atoms with Gasteiger partial charge < -0.3 is 10.6 Å². The number of allylic oxidation sites excluding steroid dienone is 3. The number of fused-ring (bicyclic) bond motifs is 1. The summed E-state index contributed by atoms with van der Waals surface area (Å²) in [4.78, 5) is 46.7. The average molecular weight is 410 g/mol. The number of aromatic nitrogens is 2. The number of halogens is 1. The van der Waals surface area contributed by atoms with Crippen molar-refractivity contribution in [1.29, 1.82) is 0 Å². The summed E-state index contributed by atoms with van der Waals surface area (Å²) in [7, 11) is 0. The Morgan fingerprint density at radius 2 is 2.10 bits per heavy atom. The molecule has 1 aromatic carbocycles. The zero-order valence-electron chi connectivity index (χ0n) is 15.3. The largest absolute Gasteiger partial charge is 0.344 e. The number of carbonyl (C=O) groups excluding carboxylic acids is 3. The summed E-state index contributed by atoms with van der Waals surface area (Å²) in [5.74, 6) is -0.383. The Balaban J connectivity index is 1.69. The molecule has 8 nitrogen and oxygen atoms in total. The molecule has 2 heterocycles. The third-order valence-corrected chi connectivity index (χ3v) is 5.14. The highest BCUT2D eigenvalue weighted by atomic mass is 35.5.